The van der Waals surface area contributed by atoms with Gasteiger partial charge in [0.15, 0.2) is 5.82 Å². The van der Waals surface area contributed by atoms with Crippen LogP contribution in [-0.4, -0.2) is 37.1 Å². The number of amides is 1. The molecule has 1 N–H and O–H groups in total. The minimum absolute atomic E-state index is 0.107. The highest BCUT2D eigenvalue weighted by Gasteiger charge is 2.31. The lowest BCUT2D eigenvalue weighted by Gasteiger charge is -2.17. The molecule has 1 heterocycles. The van der Waals surface area contributed by atoms with Gasteiger partial charge < -0.3 is 15.0 Å². The lowest BCUT2D eigenvalue weighted by atomic mass is 10.1. The lowest BCUT2D eigenvalue weighted by Crippen LogP contribution is -2.19. The Morgan fingerprint density at radius 1 is 1.29 bits per heavy atom. The van der Waals surface area contributed by atoms with Crippen molar-refractivity contribution in [2.45, 2.75) is 6.18 Å². The van der Waals surface area contributed by atoms with Crippen LogP contribution in [0.3, 0.4) is 0 Å². The van der Waals surface area contributed by atoms with Crippen LogP contribution in [0.25, 0.3) is 0 Å². The van der Waals surface area contributed by atoms with Gasteiger partial charge in [-0.05, 0) is 18.2 Å². The fourth-order valence-corrected chi connectivity index (χ4v) is 1.92. The van der Waals surface area contributed by atoms with E-state index >= 15 is 0 Å². The van der Waals surface area contributed by atoms with Gasteiger partial charge in [0.1, 0.15) is 5.69 Å². The molecule has 0 spiro atoms. The summed E-state index contributed by atoms with van der Waals surface area (Å²) in [5, 5.41) is 2.51. The normalized spacial score (nSPS) is 11.1. The van der Waals surface area contributed by atoms with Gasteiger partial charge in [0, 0.05) is 19.7 Å². The van der Waals surface area contributed by atoms with Crippen molar-refractivity contribution >= 4 is 17.4 Å². The van der Waals surface area contributed by atoms with Crippen LogP contribution in [0.4, 0.5) is 24.7 Å². The Balaban J connectivity index is 2.30. The van der Waals surface area contributed by atoms with Gasteiger partial charge in [0.2, 0.25) is 0 Å². The van der Waals surface area contributed by atoms with E-state index < -0.39 is 17.6 Å². The highest BCUT2D eigenvalue weighted by atomic mass is 19.4. The van der Waals surface area contributed by atoms with Crippen molar-refractivity contribution in [3.05, 3.63) is 41.6 Å². The number of ether oxygens (including phenoxy) is 1. The number of carbonyl (C=O) groups is 1. The van der Waals surface area contributed by atoms with Gasteiger partial charge in [-0.1, -0.05) is 6.07 Å². The first-order valence-corrected chi connectivity index (χ1v) is 6.79. The molecule has 1 aromatic heterocycles. The average Bonchev–Trinajstić information content (AvgIpc) is 2.54. The topological polar surface area (TPSA) is 67.3 Å². The molecule has 0 radical (unpaired) electrons. The van der Waals surface area contributed by atoms with Crippen LogP contribution in [0.2, 0.25) is 0 Å². The average molecular weight is 340 g/mol. The molecule has 0 fully saturated rings. The van der Waals surface area contributed by atoms with E-state index in [0.29, 0.717) is 5.82 Å². The monoisotopic (exact) mass is 340 g/mol. The number of hydrogen-bond acceptors (Lipinski definition) is 5. The van der Waals surface area contributed by atoms with Crippen molar-refractivity contribution in [2.24, 2.45) is 0 Å². The zero-order chi connectivity index (χ0) is 17.9. The minimum Gasteiger partial charge on any atom is -0.467 e. The fourth-order valence-electron chi connectivity index (χ4n) is 1.92. The van der Waals surface area contributed by atoms with Crippen molar-refractivity contribution in [1.29, 1.82) is 0 Å². The molecule has 0 saturated heterocycles. The predicted molar refractivity (Wildman–Crippen MR) is 82.3 cm³/mol. The maximum atomic E-state index is 12.7. The van der Waals surface area contributed by atoms with Crippen molar-refractivity contribution < 1.29 is 22.7 Å². The Hall–Kier alpha value is -2.84. The summed E-state index contributed by atoms with van der Waals surface area (Å²) >= 11 is 0. The number of halogens is 3. The van der Waals surface area contributed by atoms with Gasteiger partial charge in [-0.2, -0.15) is 18.2 Å². The standard InChI is InChI=1S/C15H15F3N4O2/c1-22(2)12-11(8-19-14(21-12)24-3)20-13(23)9-5-4-6-10(7-9)15(16,17)18/h4-8H,1-3H3,(H,20,23). The number of benzene rings is 1. The Labute approximate surface area is 136 Å². The molecular weight excluding hydrogens is 325 g/mol. The number of nitrogens with zero attached hydrogens (tertiary/aromatic N) is 3. The molecule has 0 unspecified atom stereocenters. The zero-order valence-corrected chi connectivity index (χ0v) is 13.2. The van der Waals surface area contributed by atoms with E-state index in [1.165, 1.54) is 25.4 Å². The summed E-state index contributed by atoms with van der Waals surface area (Å²) in [5.41, 5.74) is -0.762. The third-order valence-electron chi connectivity index (χ3n) is 3.05. The number of anilines is 2. The summed E-state index contributed by atoms with van der Waals surface area (Å²) in [6.07, 6.45) is -3.19. The van der Waals surface area contributed by atoms with Crippen LogP contribution in [-0.2, 0) is 6.18 Å². The van der Waals surface area contributed by atoms with Crippen LogP contribution in [0, 0.1) is 0 Å². The molecule has 24 heavy (non-hydrogen) atoms. The van der Waals surface area contributed by atoms with Gasteiger partial charge in [-0.3, -0.25) is 4.79 Å². The first kappa shape index (κ1) is 17.5. The van der Waals surface area contributed by atoms with E-state index in [4.69, 9.17) is 4.74 Å². The molecule has 0 aliphatic rings. The molecule has 128 valence electrons. The molecule has 9 heteroatoms. The Bertz CT molecular complexity index is 748. The second-order valence-corrected chi connectivity index (χ2v) is 5.02. The van der Waals surface area contributed by atoms with E-state index in [1.807, 2.05) is 0 Å². The number of rotatable bonds is 4. The third-order valence-corrected chi connectivity index (χ3v) is 3.05. The quantitative estimate of drug-likeness (QED) is 0.927. The highest BCUT2D eigenvalue weighted by Crippen LogP contribution is 2.30. The summed E-state index contributed by atoms with van der Waals surface area (Å²) in [4.78, 5) is 21.8. The summed E-state index contributed by atoms with van der Waals surface area (Å²) in [6.45, 7) is 0. The minimum atomic E-state index is -4.52. The first-order valence-electron chi connectivity index (χ1n) is 6.79. The Morgan fingerprint density at radius 3 is 2.58 bits per heavy atom. The number of methoxy groups -OCH3 is 1. The van der Waals surface area contributed by atoms with Gasteiger partial charge in [-0.15, -0.1) is 0 Å². The number of carbonyl (C=O) groups excluding carboxylic acids is 1. The molecule has 0 aliphatic heterocycles. The highest BCUT2D eigenvalue weighted by molar-refractivity contribution is 6.05. The van der Waals surface area contributed by atoms with Crippen LogP contribution < -0.4 is 15.0 Å². The SMILES string of the molecule is COc1ncc(NC(=O)c2cccc(C(F)(F)F)c2)c(N(C)C)n1. The van der Waals surface area contributed by atoms with Crippen LogP contribution in [0.15, 0.2) is 30.5 Å². The molecule has 2 aromatic rings. The van der Waals surface area contributed by atoms with Crippen molar-refractivity contribution in [3.63, 3.8) is 0 Å². The molecular formula is C15H15F3N4O2. The van der Waals surface area contributed by atoms with Crippen molar-refractivity contribution in [3.8, 4) is 6.01 Å². The summed E-state index contributed by atoms with van der Waals surface area (Å²) in [5.74, 6) is -0.333. The van der Waals surface area contributed by atoms with Crippen LogP contribution >= 0.6 is 0 Å². The summed E-state index contributed by atoms with van der Waals surface area (Å²) in [7, 11) is 4.79. The molecule has 1 aromatic carbocycles. The summed E-state index contributed by atoms with van der Waals surface area (Å²) < 4.78 is 43.1. The van der Waals surface area contributed by atoms with E-state index in [-0.39, 0.29) is 17.3 Å². The first-order chi connectivity index (χ1) is 11.2. The number of nitrogens with one attached hydrogen (secondary N) is 1. The third kappa shape index (κ3) is 3.92. The van der Waals surface area contributed by atoms with E-state index in [9.17, 15) is 18.0 Å². The lowest BCUT2D eigenvalue weighted by molar-refractivity contribution is -0.137. The maximum Gasteiger partial charge on any atom is 0.416 e. The van der Waals surface area contributed by atoms with E-state index in [0.717, 1.165) is 12.1 Å². The van der Waals surface area contributed by atoms with Crippen LogP contribution in [0.1, 0.15) is 15.9 Å². The molecule has 6 nitrogen and oxygen atoms in total. The van der Waals surface area contributed by atoms with Gasteiger partial charge >= 0.3 is 12.2 Å². The molecule has 1 amide bonds. The molecule has 0 bridgehead atoms. The van der Waals surface area contributed by atoms with E-state index in [1.54, 1.807) is 19.0 Å². The van der Waals surface area contributed by atoms with Gasteiger partial charge in [0.25, 0.3) is 5.91 Å². The van der Waals surface area contributed by atoms with E-state index in [2.05, 4.69) is 15.3 Å². The number of alkyl halides is 3. The van der Waals surface area contributed by atoms with Crippen molar-refractivity contribution in [1.82, 2.24) is 9.97 Å². The predicted octanol–water partition coefficient (Wildman–Crippen LogP) is 2.82. The second kappa shape index (κ2) is 6.73. The molecule has 0 atom stereocenters. The number of hydrogen-bond donors (Lipinski definition) is 1. The van der Waals surface area contributed by atoms with Gasteiger partial charge in [0.05, 0.1) is 18.9 Å². The Kier molecular flexibility index (Phi) is 4.91. The van der Waals surface area contributed by atoms with Crippen LogP contribution in [0.5, 0.6) is 6.01 Å². The fraction of sp³-hybridized carbons (Fsp3) is 0.267. The zero-order valence-electron chi connectivity index (χ0n) is 13.2. The van der Waals surface area contributed by atoms with Gasteiger partial charge in [-0.25, -0.2) is 4.98 Å². The molecule has 0 aliphatic carbocycles. The number of aromatic nitrogens is 2. The molecule has 2 rings (SSSR count). The summed E-state index contributed by atoms with van der Waals surface area (Å²) in [6, 6.07) is 4.27. The Morgan fingerprint density at radius 2 is 2.00 bits per heavy atom. The van der Waals surface area contributed by atoms with Crippen molar-refractivity contribution in [2.75, 3.05) is 31.4 Å². The second-order valence-electron chi connectivity index (χ2n) is 5.02. The molecule has 0 saturated carbocycles. The maximum absolute atomic E-state index is 12.7. The largest absolute Gasteiger partial charge is 0.467 e. The smallest absolute Gasteiger partial charge is 0.416 e.